The van der Waals surface area contributed by atoms with E-state index in [0.717, 1.165) is 101 Å². The van der Waals surface area contributed by atoms with Crippen LogP contribution in [0.5, 0.6) is 5.75 Å². The molecule has 11 heteroatoms. The summed E-state index contributed by atoms with van der Waals surface area (Å²) in [6.45, 7) is 10.0. The van der Waals surface area contributed by atoms with Gasteiger partial charge in [0.15, 0.2) is 0 Å². The first kappa shape index (κ1) is 47.8. The number of fused-ring (bicyclic) bond motifs is 2. The molecule has 0 spiro atoms. The molecule has 4 aromatic carbocycles. The quantitative estimate of drug-likeness (QED) is 0.141. The van der Waals surface area contributed by atoms with Gasteiger partial charge in [-0.15, -0.1) is 0 Å². The zero-order valence-corrected chi connectivity index (χ0v) is 38.2. The van der Waals surface area contributed by atoms with Crippen LogP contribution in [0.25, 0.3) is 0 Å². The molecule has 2 fully saturated rings. The van der Waals surface area contributed by atoms with Crippen molar-refractivity contribution in [3.05, 3.63) is 129 Å². The summed E-state index contributed by atoms with van der Waals surface area (Å²) in [6, 6.07) is 29.4. The number of anilines is 1. The largest absolute Gasteiger partial charge is 0.508 e. The number of carbonyl (C=O) groups is 5. The van der Waals surface area contributed by atoms with E-state index in [2.05, 4.69) is 75.8 Å². The minimum atomic E-state index is -0.653. The minimum absolute atomic E-state index is 0.0158. The van der Waals surface area contributed by atoms with E-state index in [-0.39, 0.29) is 30.1 Å². The maximum Gasteiger partial charge on any atom is 0.254 e. The number of nitrogens with one attached hydrogen (secondary N) is 1. The molecule has 0 saturated carbocycles. The molecule has 1 aliphatic carbocycles. The van der Waals surface area contributed by atoms with Crippen LogP contribution in [0.3, 0.4) is 0 Å². The molecule has 3 heterocycles. The lowest BCUT2D eigenvalue weighted by Crippen LogP contribution is -2.44. The number of nitrogens with zero attached hydrogens (tertiary/aromatic N) is 4. The highest BCUT2D eigenvalue weighted by Gasteiger charge is 2.35. The maximum atomic E-state index is 13.8. The lowest BCUT2D eigenvalue weighted by Gasteiger charge is -2.39. The molecule has 11 nitrogen and oxygen atoms in total. The number of phenolic OH excluding ortho intramolecular Hbond substituents is 1. The van der Waals surface area contributed by atoms with Gasteiger partial charge in [-0.1, -0.05) is 54.6 Å². The van der Waals surface area contributed by atoms with Gasteiger partial charge in [-0.3, -0.25) is 9.59 Å². The Morgan fingerprint density at radius 3 is 2.12 bits per heavy atom. The van der Waals surface area contributed by atoms with Gasteiger partial charge in [0, 0.05) is 69.3 Å². The van der Waals surface area contributed by atoms with E-state index >= 15 is 0 Å². The number of likely N-dealkylation sites (N-methyl/N-ethyl adjacent to an activating group) is 1. The van der Waals surface area contributed by atoms with Crippen molar-refractivity contribution in [2.45, 2.75) is 89.3 Å². The van der Waals surface area contributed by atoms with Crippen molar-refractivity contribution in [2.75, 3.05) is 58.8 Å². The molecule has 4 aromatic rings. The van der Waals surface area contributed by atoms with Gasteiger partial charge < -0.3 is 44.4 Å². The summed E-state index contributed by atoms with van der Waals surface area (Å²) >= 11 is 0. The van der Waals surface area contributed by atoms with E-state index in [1.54, 1.807) is 7.05 Å². The third-order valence-electron chi connectivity index (χ3n) is 13.9. The maximum absolute atomic E-state index is 13.8. The van der Waals surface area contributed by atoms with Crippen LogP contribution in [0, 0.1) is 18.8 Å². The van der Waals surface area contributed by atoms with E-state index in [9.17, 15) is 24.3 Å². The Bertz CT molecular complexity index is 2180. The summed E-state index contributed by atoms with van der Waals surface area (Å²) in [4.78, 5) is 66.2. The van der Waals surface area contributed by atoms with Gasteiger partial charge in [-0.2, -0.15) is 0 Å². The standard InChI is InChI=1S/C50H58N4O5.C2H7N.CH2O/c1-34-27-40-31-54(32-41(40)29-47(34)50(59)51(2)43(33-56)9-6-26-55)49(58)38-20-22-52(23-21-38)30-35-18-24-53(25-19-35)42-13-10-37(11-14-42)48-45(36-7-4-3-5-8-36)16-12-39-28-44(57)15-17-46(39)48;1-3-2;1-2/h3-5,7-8,10-11,13-15,17,26-29,33,35,38,43,45,48,57H,6,9,12,16,18-25,30-32H2,1-2H3;3H,1-2H3;1H2/t43?,45-,48+;;/m1../s1. The Hall–Kier alpha value is -5.65. The summed E-state index contributed by atoms with van der Waals surface area (Å²) < 4.78 is 0. The average molecular weight is 870 g/mol. The molecule has 2 amide bonds. The fraction of sp³-hybridized carbons (Fsp3) is 0.453. The van der Waals surface area contributed by atoms with Crippen LogP contribution in [0.4, 0.5) is 5.69 Å². The van der Waals surface area contributed by atoms with Gasteiger partial charge in [0.25, 0.3) is 5.91 Å². The molecule has 3 aliphatic heterocycles. The van der Waals surface area contributed by atoms with Crippen LogP contribution in [-0.4, -0.2) is 111 Å². The van der Waals surface area contributed by atoms with E-state index in [1.807, 2.05) is 57.0 Å². The van der Waals surface area contributed by atoms with E-state index < -0.39 is 6.04 Å². The van der Waals surface area contributed by atoms with E-state index in [0.29, 0.717) is 42.7 Å². The van der Waals surface area contributed by atoms with Crippen molar-refractivity contribution in [2.24, 2.45) is 11.8 Å². The molecule has 64 heavy (non-hydrogen) atoms. The van der Waals surface area contributed by atoms with Crippen LogP contribution in [0.2, 0.25) is 0 Å². The fourth-order valence-electron chi connectivity index (χ4n) is 10.4. The summed E-state index contributed by atoms with van der Waals surface area (Å²) in [7, 11) is 5.36. The number of phenols is 1. The van der Waals surface area contributed by atoms with Crippen molar-refractivity contribution in [3.63, 3.8) is 0 Å². The Balaban J connectivity index is 0.00000131. The zero-order valence-electron chi connectivity index (χ0n) is 38.2. The smallest absolute Gasteiger partial charge is 0.254 e. The Morgan fingerprint density at radius 2 is 1.48 bits per heavy atom. The highest BCUT2D eigenvalue weighted by Crippen LogP contribution is 2.47. The van der Waals surface area contributed by atoms with Gasteiger partial charge >= 0.3 is 0 Å². The Labute approximate surface area is 379 Å². The van der Waals surface area contributed by atoms with Crippen LogP contribution in [-0.2, 0) is 38.7 Å². The molecule has 1 unspecified atom stereocenters. The third kappa shape index (κ3) is 11.2. The number of aromatic hydroxyl groups is 1. The average Bonchev–Trinajstić information content (AvgIpc) is 3.75. The number of aryl methyl sites for hydroxylation is 2. The topological polar surface area (TPSA) is 131 Å². The molecule has 340 valence electrons. The van der Waals surface area contributed by atoms with Crippen LogP contribution >= 0.6 is 0 Å². The number of hydrogen-bond acceptors (Lipinski definition) is 9. The predicted octanol–water partition coefficient (Wildman–Crippen LogP) is 7.30. The summed E-state index contributed by atoms with van der Waals surface area (Å²) in [5.41, 5.74) is 10.0. The van der Waals surface area contributed by atoms with Gasteiger partial charge in [-0.25, -0.2) is 0 Å². The number of hydrogen-bond donors (Lipinski definition) is 2. The van der Waals surface area contributed by atoms with Gasteiger partial charge in [-0.05, 0) is 160 Å². The number of amides is 2. The van der Waals surface area contributed by atoms with Gasteiger partial charge in [0.1, 0.15) is 25.1 Å². The molecule has 0 aromatic heterocycles. The second kappa shape index (κ2) is 22.8. The lowest BCUT2D eigenvalue weighted by atomic mass is 9.69. The number of aldehydes is 2. The number of likely N-dealkylation sites (tertiary alicyclic amines) is 1. The Kier molecular flexibility index (Phi) is 17.0. The molecule has 0 bridgehead atoms. The summed E-state index contributed by atoms with van der Waals surface area (Å²) in [5, 5.41) is 13.0. The number of benzene rings is 4. The van der Waals surface area contributed by atoms with Crippen molar-refractivity contribution in [3.8, 4) is 5.75 Å². The van der Waals surface area contributed by atoms with E-state index in [4.69, 9.17) is 4.79 Å². The number of piperidine rings is 2. The SMILES string of the molecule is C=O.CNC.Cc1cc2c(cc1C(=O)N(C)C(C=O)CCC=O)CN(C(=O)C1CCN(CC3CCN(c4ccc([C@@H]5c6ccc(O)cc6CC[C@@H]5c5ccccc5)cc4)CC3)CC1)C2. The van der Waals surface area contributed by atoms with Crippen LogP contribution in [0.15, 0.2) is 84.9 Å². The zero-order chi connectivity index (χ0) is 45.8. The fourth-order valence-corrected chi connectivity index (χ4v) is 10.4. The van der Waals surface area contributed by atoms with Crippen LogP contribution < -0.4 is 10.2 Å². The summed E-state index contributed by atoms with van der Waals surface area (Å²) in [6.07, 6.45) is 8.12. The van der Waals surface area contributed by atoms with Crippen molar-refractivity contribution < 1.29 is 29.1 Å². The number of carbonyl (C=O) groups excluding carboxylic acids is 5. The van der Waals surface area contributed by atoms with Crippen molar-refractivity contribution >= 4 is 36.9 Å². The minimum Gasteiger partial charge on any atom is -0.508 e. The number of rotatable bonds is 12. The summed E-state index contributed by atoms with van der Waals surface area (Å²) in [5.74, 6) is 1.62. The first-order valence-corrected chi connectivity index (χ1v) is 23.0. The lowest BCUT2D eigenvalue weighted by molar-refractivity contribution is -0.137. The van der Waals surface area contributed by atoms with Crippen molar-refractivity contribution in [1.29, 1.82) is 0 Å². The predicted molar refractivity (Wildman–Crippen MR) is 253 cm³/mol. The van der Waals surface area contributed by atoms with E-state index in [1.165, 1.54) is 32.8 Å². The second-order valence-corrected chi connectivity index (χ2v) is 18.0. The van der Waals surface area contributed by atoms with Crippen molar-refractivity contribution in [1.82, 2.24) is 20.0 Å². The molecule has 8 rings (SSSR count). The van der Waals surface area contributed by atoms with Gasteiger partial charge in [0.2, 0.25) is 5.91 Å². The molecule has 3 atom stereocenters. The highest BCUT2D eigenvalue weighted by atomic mass is 16.3. The first-order chi connectivity index (χ1) is 31.1. The normalized spacial score (nSPS) is 19.2. The Morgan fingerprint density at radius 1 is 0.828 bits per heavy atom. The molecule has 0 radical (unpaired) electrons. The molecule has 2 saturated heterocycles. The third-order valence-corrected chi connectivity index (χ3v) is 13.9. The molecular weight excluding hydrogens is 803 g/mol. The first-order valence-electron chi connectivity index (χ1n) is 23.0. The molecular formula is C53H67N5O6. The second-order valence-electron chi connectivity index (χ2n) is 18.0. The van der Waals surface area contributed by atoms with Crippen LogP contribution in [0.1, 0.15) is 106 Å². The van der Waals surface area contributed by atoms with Gasteiger partial charge in [0.05, 0.1) is 6.04 Å². The molecule has 4 aliphatic rings. The highest BCUT2D eigenvalue weighted by molar-refractivity contribution is 5.97. The molecule has 2 N–H and O–H groups in total. The monoisotopic (exact) mass is 870 g/mol.